The van der Waals surface area contributed by atoms with Crippen molar-refractivity contribution in [3.05, 3.63) is 114 Å². The summed E-state index contributed by atoms with van der Waals surface area (Å²) in [6.07, 6.45) is 0. The van der Waals surface area contributed by atoms with Gasteiger partial charge in [-0.25, -0.2) is 25.6 Å². The minimum absolute atomic E-state index is 0.228. The molecule has 36 heavy (non-hydrogen) atoms. The summed E-state index contributed by atoms with van der Waals surface area (Å²) in [7, 11) is -7.60. The van der Waals surface area contributed by atoms with E-state index in [0.29, 0.717) is 5.75 Å². The van der Waals surface area contributed by atoms with E-state index in [1.807, 2.05) is 0 Å². The van der Waals surface area contributed by atoms with Gasteiger partial charge < -0.3 is 4.74 Å². The van der Waals surface area contributed by atoms with E-state index in [1.54, 1.807) is 48.5 Å². The van der Waals surface area contributed by atoms with Crippen molar-refractivity contribution < 1.29 is 38.7 Å². The van der Waals surface area contributed by atoms with Crippen molar-refractivity contribution in [1.29, 1.82) is 0 Å². The largest absolute Gasteiger partial charge is 0.497 e. The Hall–Kier alpha value is -3.41. The molecule has 188 valence electrons. The zero-order chi connectivity index (χ0) is 26.1. The average Bonchev–Trinajstić information content (AvgIpc) is 2.90. The Labute approximate surface area is 205 Å². The highest BCUT2D eigenvalue weighted by molar-refractivity contribution is 8.33. The maximum atomic E-state index is 14.6. The Kier molecular flexibility index (Phi) is 7.07. The molecule has 0 aliphatic carbocycles. The first kappa shape index (κ1) is 25.7. The zero-order valence-corrected chi connectivity index (χ0v) is 20.1. The van der Waals surface area contributed by atoms with Crippen LogP contribution in [0.25, 0.3) is 0 Å². The molecule has 0 amide bonds. The molecule has 0 aromatic heterocycles. The minimum Gasteiger partial charge on any atom is -0.497 e. The van der Waals surface area contributed by atoms with Crippen molar-refractivity contribution in [2.45, 2.75) is 19.6 Å². The van der Waals surface area contributed by atoms with Crippen LogP contribution in [0, 0.1) is 29.1 Å². The van der Waals surface area contributed by atoms with Gasteiger partial charge in [0.25, 0.3) is 0 Å². The van der Waals surface area contributed by atoms with Crippen LogP contribution in [0.1, 0.15) is 0 Å². The van der Waals surface area contributed by atoms with Gasteiger partial charge in [0.05, 0.1) is 7.11 Å². The van der Waals surface area contributed by atoms with E-state index in [-0.39, 0.29) is 14.7 Å². The van der Waals surface area contributed by atoms with Crippen molar-refractivity contribution in [2.75, 3.05) is 7.11 Å². The third-order valence-corrected chi connectivity index (χ3v) is 10.3. The number of halogens is 5. The lowest BCUT2D eigenvalue weighted by atomic mass is 10.3. The Balaban J connectivity index is 2.08. The lowest BCUT2D eigenvalue weighted by Gasteiger charge is -2.39. The summed E-state index contributed by atoms with van der Waals surface area (Å²) in [6, 6.07) is 22.0. The van der Waals surface area contributed by atoms with Crippen molar-refractivity contribution >= 4 is 20.4 Å². The molecule has 0 spiro atoms. The Morgan fingerprint density at radius 3 is 1.50 bits per heavy atom. The molecule has 0 saturated carbocycles. The molecule has 0 N–H and O–H groups in total. The number of rotatable bonds is 7. The number of ether oxygens (including phenoxy) is 1. The van der Waals surface area contributed by atoms with Gasteiger partial charge in [-0.2, -0.15) is 8.42 Å². The summed E-state index contributed by atoms with van der Waals surface area (Å²) in [5, 5.41) is 0. The maximum absolute atomic E-state index is 14.6. The van der Waals surface area contributed by atoms with E-state index >= 15 is 0 Å². The van der Waals surface area contributed by atoms with Crippen molar-refractivity contribution in [3.63, 3.8) is 0 Å². The molecule has 0 saturated heterocycles. The van der Waals surface area contributed by atoms with Gasteiger partial charge in [0.1, 0.15) is 5.75 Å². The molecule has 0 fully saturated rings. The molecule has 11 heteroatoms. The Morgan fingerprint density at radius 2 is 1.03 bits per heavy atom. The predicted octanol–water partition coefficient (Wildman–Crippen LogP) is 6.99. The highest BCUT2D eigenvalue weighted by Gasteiger charge is 2.42. The quantitative estimate of drug-likeness (QED) is 0.144. The van der Waals surface area contributed by atoms with Gasteiger partial charge in [0.2, 0.25) is 5.82 Å². The van der Waals surface area contributed by atoms with Gasteiger partial charge in [-0.3, -0.25) is 0 Å². The summed E-state index contributed by atoms with van der Waals surface area (Å²) in [5.74, 6) is -12.0. The molecule has 0 atom stereocenters. The van der Waals surface area contributed by atoms with Crippen molar-refractivity contribution in [3.8, 4) is 5.75 Å². The number of methoxy groups -OCH3 is 1. The second-order valence-electron chi connectivity index (χ2n) is 7.28. The molecule has 4 rings (SSSR count). The van der Waals surface area contributed by atoms with Gasteiger partial charge in [0, 0.05) is 14.7 Å². The molecule has 0 heterocycles. The molecule has 0 radical (unpaired) electrons. The predicted molar refractivity (Wildman–Crippen MR) is 123 cm³/mol. The summed E-state index contributed by atoms with van der Waals surface area (Å²) < 4.78 is 108. The SMILES string of the molecule is COc1cccc(S(OS(=O)(=O)c2c(F)c(F)c(F)c(F)c2F)(c2ccccc2)c2ccccc2)c1. The van der Waals surface area contributed by atoms with Crippen LogP contribution in [0.4, 0.5) is 22.0 Å². The molecule has 4 nitrogen and oxygen atoms in total. The summed E-state index contributed by atoms with van der Waals surface area (Å²) in [6.45, 7) is 0. The monoisotopic (exact) mass is 540 g/mol. The molecule has 0 aliphatic heterocycles. The zero-order valence-electron chi connectivity index (χ0n) is 18.4. The normalized spacial score (nSPS) is 12.4. The Morgan fingerprint density at radius 1 is 0.583 bits per heavy atom. The van der Waals surface area contributed by atoms with Crippen LogP contribution in [0.5, 0.6) is 5.75 Å². The van der Waals surface area contributed by atoms with Crippen molar-refractivity contribution in [2.24, 2.45) is 0 Å². The molecule has 4 aromatic rings. The topological polar surface area (TPSA) is 52.6 Å². The number of benzene rings is 4. The van der Waals surface area contributed by atoms with Gasteiger partial charge in [-0.05, 0) is 52.8 Å². The van der Waals surface area contributed by atoms with Crippen LogP contribution in [-0.2, 0) is 13.7 Å². The molecule has 4 aromatic carbocycles. The van der Waals surface area contributed by atoms with E-state index in [1.165, 1.54) is 43.5 Å². The van der Waals surface area contributed by atoms with E-state index in [0.717, 1.165) is 0 Å². The molecule has 0 unspecified atom stereocenters. The highest BCUT2D eigenvalue weighted by atomic mass is 32.3. The fraction of sp³-hybridized carbons (Fsp3) is 0.0400. The highest BCUT2D eigenvalue weighted by Crippen LogP contribution is 2.70. The molecule has 0 aliphatic rings. The smallest absolute Gasteiger partial charge is 0.313 e. The van der Waals surface area contributed by atoms with E-state index < -0.39 is 54.4 Å². The minimum atomic E-state index is -5.61. The molecular formula is C25H17F5O4S2. The first-order valence-corrected chi connectivity index (χ1v) is 13.1. The summed E-state index contributed by atoms with van der Waals surface area (Å²) in [5.41, 5.74) is 0. The van der Waals surface area contributed by atoms with Crippen LogP contribution >= 0.6 is 10.3 Å². The van der Waals surface area contributed by atoms with Crippen LogP contribution < -0.4 is 4.74 Å². The third-order valence-electron chi connectivity index (χ3n) is 5.13. The van der Waals surface area contributed by atoms with E-state index in [9.17, 15) is 30.4 Å². The summed E-state index contributed by atoms with van der Waals surface area (Å²) >= 11 is 0. The standard InChI is InChI=1S/C25H17F5O4S2/c1-33-16-9-8-14-19(15-16)35(17-10-4-2-5-11-17,18-12-6-3-7-13-18)34-36(31,32)25-23(29)21(27)20(26)22(28)24(25)30/h2-15H,1H3. The molecule has 0 bridgehead atoms. The lowest BCUT2D eigenvalue weighted by molar-refractivity contribution is 0.353. The number of hydrogen-bond acceptors (Lipinski definition) is 4. The fourth-order valence-corrected chi connectivity index (χ4v) is 8.86. The fourth-order valence-electron chi connectivity index (χ4n) is 3.50. The second-order valence-corrected chi connectivity index (χ2v) is 11.7. The first-order chi connectivity index (χ1) is 17.1. The van der Waals surface area contributed by atoms with Gasteiger partial charge in [-0.15, -0.1) is 0 Å². The first-order valence-electron chi connectivity index (χ1n) is 10.2. The van der Waals surface area contributed by atoms with Gasteiger partial charge in [-0.1, -0.05) is 42.5 Å². The van der Waals surface area contributed by atoms with Crippen LogP contribution in [0.3, 0.4) is 0 Å². The Bertz CT molecular complexity index is 1450. The third kappa shape index (κ3) is 4.34. The van der Waals surface area contributed by atoms with Crippen LogP contribution in [0.15, 0.2) is 105 Å². The number of hydrogen-bond donors (Lipinski definition) is 0. The second kappa shape index (κ2) is 9.92. The average molecular weight is 541 g/mol. The summed E-state index contributed by atoms with van der Waals surface area (Å²) in [4.78, 5) is -1.30. The van der Waals surface area contributed by atoms with Crippen molar-refractivity contribution in [1.82, 2.24) is 0 Å². The lowest BCUT2D eigenvalue weighted by Crippen LogP contribution is -2.19. The van der Waals surface area contributed by atoms with Crippen LogP contribution in [-0.4, -0.2) is 15.5 Å². The van der Waals surface area contributed by atoms with E-state index in [2.05, 4.69) is 0 Å². The molecular weight excluding hydrogens is 523 g/mol. The maximum Gasteiger partial charge on any atom is 0.313 e. The van der Waals surface area contributed by atoms with Crippen LogP contribution in [0.2, 0.25) is 0 Å². The van der Waals surface area contributed by atoms with Gasteiger partial charge in [0.15, 0.2) is 28.2 Å². The van der Waals surface area contributed by atoms with Gasteiger partial charge >= 0.3 is 10.1 Å². The van der Waals surface area contributed by atoms with E-state index in [4.69, 9.17) is 8.37 Å².